The van der Waals surface area contributed by atoms with Gasteiger partial charge in [-0.2, -0.15) is 0 Å². The van der Waals surface area contributed by atoms with Crippen LogP contribution in [0.25, 0.3) is 0 Å². The van der Waals surface area contributed by atoms with Crippen LogP contribution in [0, 0.1) is 10.8 Å². The molecular formula is C39H75N3O3. The molecule has 0 spiro atoms. The Morgan fingerprint density at radius 1 is 0.733 bits per heavy atom. The molecule has 1 amide bonds. The van der Waals surface area contributed by atoms with Crippen LogP contribution >= 0.6 is 0 Å². The van der Waals surface area contributed by atoms with Gasteiger partial charge in [-0.15, -0.1) is 0 Å². The first-order chi connectivity index (χ1) is 21.5. The molecule has 6 nitrogen and oxygen atoms in total. The van der Waals surface area contributed by atoms with Gasteiger partial charge in [0.1, 0.15) is 6.10 Å². The summed E-state index contributed by atoms with van der Waals surface area (Å²) in [4.78, 5) is 20.3. The van der Waals surface area contributed by atoms with Crippen LogP contribution in [-0.4, -0.2) is 91.5 Å². The van der Waals surface area contributed by atoms with Crippen LogP contribution in [-0.2, 0) is 9.47 Å². The smallest absolute Gasteiger partial charge is 0.410 e. The summed E-state index contributed by atoms with van der Waals surface area (Å²) < 4.78 is 12.1. The third kappa shape index (κ3) is 14.4. The third-order valence-electron chi connectivity index (χ3n) is 11.9. The van der Waals surface area contributed by atoms with E-state index in [0.717, 1.165) is 45.4 Å². The number of carbonyl (C=O) groups is 1. The maximum absolute atomic E-state index is 13.3. The van der Waals surface area contributed by atoms with Gasteiger partial charge in [0.15, 0.2) is 0 Å². The molecule has 0 aromatic carbocycles. The molecule has 3 heterocycles. The van der Waals surface area contributed by atoms with Crippen LogP contribution in [0.4, 0.5) is 4.79 Å². The first-order valence-electron chi connectivity index (χ1n) is 19.5. The molecule has 0 bridgehead atoms. The van der Waals surface area contributed by atoms with Crippen LogP contribution in [0.5, 0.6) is 0 Å². The Morgan fingerprint density at radius 3 is 1.84 bits per heavy atom. The number of nitrogens with zero attached hydrogens (tertiary/aromatic N) is 3. The summed E-state index contributed by atoms with van der Waals surface area (Å²) in [6.45, 7) is 20.1. The molecule has 6 heteroatoms. The summed E-state index contributed by atoms with van der Waals surface area (Å²) in [5, 5.41) is 0. The quantitative estimate of drug-likeness (QED) is 0.0930. The lowest BCUT2D eigenvalue weighted by Gasteiger charge is -2.42. The SMILES string of the molecule is CCCCC1OC1CCCCCCCCCCC(CCCCC(C)(C)C(C)(C)C)OC(=O)N1CCN(C2CCN(C)CC2)CC1. The maximum Gasteiger partial charge on any atom is 0.410 e. The minimum absolute atomic E-state index is 0.0629. The van der Waals surface area contributed by atoms with Crippen molar-refractivity contribution in [2.24, 2.45) is 10.8 Å². The molecule has 264 valence electrons. The van der Waals surface area contributed by atoms with Gasteiger partial charge in [-0.25, -0.2) is 4.79 Å². The number of ether oxygens (including phenoxy) is 2. The topological polar surface area (TPSA) is 48.6 Å². The Morgan fingerprint density at radius 2 is 1.27 bits per heavy atom. The Balaban J connectivity index is 1.31. The van der Waals surface area contributed by atoms with Crippen molar-refractivity contribution >= 4 is 6.09 Å². The molecule has 3 rings (SSSR count). The zero-order valence-electron chi connectivity index (χ0n) is 31.1. The molecule has 3 fully saturated rings. The van der Waals surface area contributed by atoms with E-state index in [1.807, 2.05) is 4.90 Å². The van der Waals surface area contributed by atoms with Crippen molar-refractivity contribution in [2.75, 3.05) is 46.3 Å². The molecule has 3 aliphatic heterocycles. The molecular weight excluding hydrogens is 558 g/mol. The largest absolute Gasteiger partial charge is 0.446 e. The summed E-state index contributed by atoms with van der Waals surface area (Å²) in [6.07, 6.45) is 24.9. The van der Waals surface area contributed by atoms with E-state index in [2.05, 4.69) is 58.4 Å². The van der Waals surface area contributed by atoms with E-state index in [-0.39, 0.29) is 12.2 Å². The summed E-state index contributed by atoms with van der Waals surface area (Å²) in [5.41, 5.74) is 0.618. The third-order valence-corrected chi connectivity index (χ3v) is 11.9. The Hall–Kier alpha value is -0.850. The highest BCUT2D eigenvalue weighted by Gasteiger charge is 2.37. The molecule has 3 unspecified atom stereocenters. The number of epoxide rings is 1. The van der Waals surface area contributed by atoms with Gasteiger partial charge in [0.05, 0.1) is 12.2 Å². The number of likely N-dealkylation sites (tertiary alicyclic amines) is 1. The molecule has 3 atom stereocenters. The molecule has 0 N–H and O–H groups in total. The van der Waals surface area contributed by atoms with Crippen molar-refractivity contribution in [3.63, 3.8) is 0 Å². The van der Waals surface area contributed by atoms with Crippen molar-refractivity contribution in [3.8, 4) is 0 Å². The second kappa shape index (κ2) is 19.8. The van der Waals surface area contributed by atoms with E-state index in [1.165, 1.54) is 116 Å². The Bertz CT molecular complexity index is 796. The zero-order chi connectivity index (χ0) is 32.7. The predicted octanol–water partition coefficient (Wildman–Crippen LogP) is 9.69. The van der Waals surface area contributed by atoms with Crippen molar-refractivity contribution in [3.05, 3.63) is 0 Å². The molecule has 0 radical (unpaired) electrons. The number of rotatable bonds is 21. The van der Waals surface area contributed by atoms with Crippen LogP contribution in [0.3, 0.4) is 0 Å². The summed E-state index contributed by atoms with van der Waals surface area (Å²) in [7, 11) is 2.22. The van der Waals surface area contributed by atoms with Crippen molar-refractivity contribution in [2.45, 2.75) is 188 Å². The van der Waals surface area contributed by atoms with E-state index < -0.39 is 0 Å². The van der Waals surface area contributed by atoms with Crippen molar-refractivity contribution in [1.82, 2.24) is 14.7 Å². The highest BCUT2D eigenvalue weighted by molar-refractivity contribution is 5.68. The lowest BCUT2D eigenvalue weighted by molar-refractivity contribution is 0.0248. The van der Waals surface area contributed by atoms with Crippen LogP contribution in [0.2, 0.25) is 0 Å². The Labute approximate surface area is 279 Å². The fraction of sp³-hybridized carbons (Fsp3) is 0.974. The average molecular weight is 634 g/mol. The van der Waals surface area contributed by atoms with Gasteiger partial charge >= 0.3 is 6.09 Å². The summed E-state index contributed by atoms with van der Waals surface area (Å²) in [6, 6.07) is 0.685. The monoisotopic (exact) mass is 634 g/mol. The standard InChI is InChI=1S/C39H75N3O3/c1-8-9-22-35-36(45-35)23-17-15-13-11-10-12-14-16-20-34(21-18-19-26-39(5,6)38(2,3)4)44-37(43)42-31-29-41(30-32-42)33-24-27-40(7)28-25-33/h33-36H,8-32H2,1-7H3. The Kier molecular flexibility index (Phi) is 17.0. The predicted molar refractivity (Wildman–Crippen MR) is 190 cm³/mol. The minimum Gasteiger partial charge on any atom is -0.446 e. The highest BCUT2D eigenvalue weighted by atomic mass is 16.6. The molecule has 45 heavy (non-hydrogen) atoms. The van der Waals surface area contributed by atoms with E-state index in [4.69, 9.17) is 9.47 Å². The second-order valence-electron chi connectivity index (χ2n) is 16.7. The van der Waals surface area contributed by atoms with E-state index in [9.17, 15) is 4.79 Å². The fourth-order valence-corrected chi connectivity index (χ4v) is 7.29. The molecule has 0 saturated carbocycles. The van der Waals surface area contributed by atoms with Gasteiger partial charge in [0.2, 0.25) is 0 Å². The van der Waals surface area contributed by atoms with Gasteiger partial charge in [-0.1, -0.05) is 106 Å². The van der Waals surface area contributed by atoms with E-state index >= 15 is 0 Å². The normalized spacial score (nSPS) is 23.0. The zero-order valence-corrected chi connectivity index (χ0v) is 31.1. The van der Waals surface area contributed by atoms with Gasteiger partial charge < -0.3 is 19.3 Å². The van der Waals surface area contributed by atoms with E-state index in [0.29, 0.717) is 29.1 Å². The fourth-order valence-electron chi connectivity index (χ4n) is 7.29. The number of piperidine rings is 1. The molecule has 0 aromatic rings. The molecule has 3 aliphatic rings. The number of amides is 1. The molecule has 3 saturated heterocycles. The van der Waals surface area contributed by atoms with Crippen molar-refractivity contribution in [1.29, 1.82) is 0 Å². The second-order valence-corrected chi connectivity index (χ2v) is 16.7. The number of carbonyl (C=O) groups excluding carboxylic acids is 1. The van der Waals surface area contributed by atoms with Crippen LogP contribution < -0.4 is 0 Å². The first kappa shape index (κ1) is 38.6. The first-order valence-corrected chi connectivity index (χ1v) is 19.5. The van der Waals surface area contributed by atoms with E-state index in [1.54, 1.807) is 0 Å². The number of piperazine rings is 1. The van der Waals surface area contributed by atoms with Crippen LogP contribution in [0.15, 0.2) is 0 Å². The highest BCUT2D eigenvalue weighted by Crippen LogP contribution is 2.42. The number of unbranched alkanes of at least 4 members (excludes halogenated alkanes) is 9. The average Bonchev–Trinajstić information content (AvgIpc) is 3.76. The molecule has 0 aromatic heterocycles. The summed E-state index contributed by atoms with van der Waals surface area (Å²) in [5.74, 6) is 0. The van der Waals surface area contributed by atoms with Crippen molar-refractivity contribution < 1.29 is 14.3 Å². The van der Waals surface area contributed by atoms with Gasteiger partial charge in [0, 0.05) is 32.2 Å². The summed E-state index contributed by atoms with van der Waals surface area (Å²) >= 11 is 0. The van der Waals surface area contributed by atoms with Gasteiger partial charge in [-0.05, 0) is 88.8 Å². The minimum atomic E-state index is -0.0636. The molecule has 0 aliphatic carbocycles. The lowest BCUT2D eigenvalue weighted by Crippen LogP contribution is -2.54. The van der Waals surface area contributed by atoms with Gasteiger partial charge in [0.25, 0.3) is 0 Å². The van der Waals surface area contributed by atoms with Crippen LogP contribution in [0.1, 0.15) is 164 Å². The number of hydrogen-bond acceptors (Lipinski definition) is 5. The number of hydrogen-bond donors (Lipinski definition) is 0. The maximum atomic E-state index is 13.3. The van der Waals surface area contributed by atoms with Gasteiger partial charge in [-0.3, -0.25) is 4.90 Å². The lowest BCUT2D eigenvalue weighted by atomic mass is 9.67.